The second-order valence-electron chi connectivity index (χ2n) is 2.34. The highest BCUT2D eigenvalue weighted by molar-refractivity contribution is 6.41. The molecule has 0 aliphatic carbocycles. The Bertz CT molecular complexity index is 78.6. The van der Waals surface area contributed by atoms with Gasteiger partial charge in [0.15, 0.2) is 0 Å². The lowest BCUT2D eigenvalue weighted by atomic mass is 10.5. The van der Waals surface area contributed by atoms with E-state index in [1.165, 1.54) is 5.20 Å². The highest BCUT2D eigenvalue weighted by Crippen LogP contribution is 1.92. The minimum atomic E-state index is -0.0907. The number of hydrogen-bond donors (Lipinski definition) is 0. The van der Waals surface area contributed by atoms with Crippen LogP contribution in [0.5, 0.6) is 0 Å². The van der Waals surface area contributed by atoms with Gasteiger partial charge in [-0.3, -0.25) is 0 Å². The summed E-state index contributed by atoms with van der Waals surface area (Å²) in [7, 11) is 4.15. The summed E-state index contributed by atoms with van der Waals surface area (Å²) in [6, 6.07) is 0. The number of hydrogen-bond acceptors (Lipinski definition) is 1. The van der Waals surface area contributed by atoms with E-state index in [0.717, 1.165) is 6.42 Å². The van der Waals surface area contributed by atoms with Crippen LogP contribution in [0.1, 0.15) is 13.3 Å². The first kappa shape index (κ1) is 7.92. The summed E-state index contributed by atoms with van der Waals surface area (Å²) in [4.78, 5) is 0. The Hall–Kier alpha value is -0.0831. The van der Waals surface area contributed by atoms with Crippen molar-refractivity contribution in [3.8, 4) is 0 Å². The third-order valence-electron chi connectivity index (χ3n) is 1.04. The zero-order valence-electron chi connectivity index (χ0n) is 6.07. The molecule has 48 valence electrons. The fraction of sp³-hybridized carbons (Fsp3) is 0.667. The minimum absolute atomic E-state index is 0.0907. The summed E-state index contributed by atoms with van der Waals surface area (Å²) in [5.74, 6) is 0. The average molecular weight is 129 g/mol. The van der Waals surface area contributed by atoms with Gasteiger partial charge in [-0.25, -0.2) is 0 Å². The first-order valence-corrected chi connectivity index (χ1v) is 4.32. The lowest BCUT2D eigenvalue weighted by Crippen LogP contribution is -2.18. The van der Waals surface area contributed by atoms with Gasteiger partial charge < -0.3 is 4.57 Å². The summed E-state index contributed by atoms with van der Waals surface area (Å²) in [5, 5.41) is 1.44. The second-order valence-corrected chi connectivity index (χ2v) is 4.92. The topological polar surface area (TPSA) is 3.24 Å². The maximum atomic E-state index is 3.93. The predicted molar refractivity (Wildman–Crippen MR) is 41.7 cm³/mol. The minimum Gasteiger partial charge on any atom is -0.331 e. The standard InChI is InChI=1S/C6H15NSi/c1-5-6(2)8-7(3)4/h2,5,8H2,1,3-4H3. The van der Waals surface area contributed by atoms with E-state index in [2.05, 4.69) is 32.2 Å². The molecule has 0 aromatic heterocycles. The molecule has 2 heteroatoms. The number of nitrogens with zero attached hydrogens (tertiary/aromatic N) is 1. The van der Waals surface area contributed by atoms with Crippen LogP contribution >= 0.6 is 0 Å². The Balaban J connectivity index is 3.25. The molecule has 0 bridgehead atoms. The van der Waals surface area contributed by atoms with Crippen LogP contribution in [0.15, 0.2) is 11.8 Å². The fourth-order valence-electron chi connectivity index (χ4n) is 0.559. The first-order chi connectivity index (χ1) is 3.66. The second kappa shape index (κ2) is 3.86. The van der Waals surface area contributed by atoms with Crippen molar-refractivity contribution in [3.63, 3.8) is 0 Å². The van der Waals surface area contributed by atoms with Crippen LogP contribution in [0.2, 0.25) is 0 Å². The SMILES string of the molecule is C=C(CC)[SiH2]N(C)C. The largest absolute Gasteiger partial charge is 0.331 e. The zero-order chi connectivity index (χ0) is 6.57. The van der Waals surface area contributed by atoms with Gasteiger partial charge in [0.25, 0.3) is 0 Å². The lowest BCUT2D eigenvalue weighted by Gasteiger charge is -2.08. The van der Waals surface area contributed by atoms with E-state index >= 15 is 0 Å². The molecule has 0 atom stereocenters. The summed E-state index contributed by atoms with van der Waals surface area (Å²) in [6.45, 7) is 6.10. The van der Waals surface area contributed by atoms with Gasteiger partial charge in [-0.2, -0.15) is 0 Å². The monoisotopic (exact) mass is 129 g/mol. The van der Waals surface area contributed by atoms with Crippen molar-refractivity contribution in [2.24, 2.45) is 0 Å². The van der Waals surface area contributed by atoms with Crippen LogP contribution in [0.3, 0.4) is 0 Å². The summed E-state index contributed by atoms with van der Waals surface area (Å²) in [6.07, 6.45) is 1.16. The van der Waals surface area contributed by atoms with E-state index in [9.17, 15) is 0 Å². The van der Waals surface area contributed by atoms with Crippen molar-refractivity contribution >= 4 is 9.68 Å². The van der Waals surface area contributed by atoms with Crippen LogP contribution in [0, 0.1) is 0 Å². The summed E-state index contributed by atoms with van der Waals surface area (Å²) in [5.41, 5.74) is 0. The first-order valence-electron chi connectivity index (χ1n) is 2.98. The molecular formula is C6H15NSi. The van der Waals surface area contributed by atoms with Crippen LogP contribution < -0.4 is 0 Å². The van der Waals surface area contributed by atoms with Crippen LogP contribution in [0.4, 0.5) is 0 Å². The molecule has 0 aliphatic rings. The Kier molecular flexibility index (Phi) is 3.82. The molecule has 0 amide bonds. The molecule has 8 heavy (non-hydrogen) atoms. The summed E-state index contributed by atoms with van der Waals surface area (Å²) < 4.78 is 2.27. The molecule has 0 saturated heterocycles. The Morgan fingerprint density at radius 1 is 1.62 bits per heavy atom. The molecule has 0 heterocycles. The van der Waals surface area contributed by atoms with E-state index in [4.69, 9.17) is 0 Å². The van der Waals surface area contributed by atoms with Gasteiger partial charge >= 0.3 is 0 Å². The van der Waals surface area contributed by atoms with E-state index in [-0.39, 0.29) is 9.68 Å². The van der Waals surface area contributed by atoms with Crippen molar-refractivity contribution < 1.29 is 0 Å². The molecule has 0 N–H and O–H groups in total. The molecule has 0 unspecified atom stereocenters. The highest BCUT2D eigenvalue weighted by atomic mass is 28.2. The number of allylic oxidation sites excluding steroid dienone is 1. The zero-order valence-corrected chi connectivity index (χ0v) is 7.48. The van der Waals surface area contributed by atoms with Gasteiger partial charge in [-0.05, 0) is 20.5 Å². The van der Waals surface area contributed by atoms with E-state index in [0.29, 0.717) is 0 Å². The van der Waals surface area contributed by atoms with Crippen molar-refractivity contribution in [2.75, 3.05) is 14.1 Å². The molecule has 0 spiro atoms. The predicted octanol–water partition coefficient (Wildman–Crippen LogP) is 0.555. The maximum absolute atomic E-state index is 3.93. The molecule has 0 radical (unpaired) electrons. The van der Waals surface area contributed by atoms with Gasteiger partial charge in [0.05, 0.1) is 0 Å². The molecule has 0 rings (SSSR count). The van der Waals surface area contributed by atoms with E-state index < -0.39 is 0 Å². The quantitative estimate of drug-likeness (QED) is 0.503. The molecule has 0 saturated carbocycles. The normalized spacial score (nSPS) is 11.5. The Morgan fingerprint density at radius 3 is 2.25 bits per heavy atom. The van der Waals surface area contributed by atoms with E-state index in [1.807, 2.05) is 0 Å². The van der Waals surface area contributed by atoms with Gasteiger partial charge in [-0.1, -0.05) is 12.1 Å². The maximum Gasteiger partial charge on any atom is 0.121 e. The molecular weight excluding hydrogens is 114 g/mol. The highest BCUT2D eigenvalue weighted by Gasteiger charge is 1.91. The molecule has 0 fully saturated rings. The van der Waals surface area contributed by atoms with Crippen LogP contribution in [0.25, 0.3) is 0 Å². The Morgan fingerprint density at radius 2 is 2.12 bits per heavy atom. The van der Waals surface area contributed by atoms with Gasteiger partial charge in [-0.15, -0.1) is 6.58 Å². The smallest absolute Gasteiger partial charge is 0.121 e. The third kappa shape index (κ3) is 4.09. The van der Waals surface area contributed by atoms with Crippen LogP contribution in [-0.2, 0) is 0 Å². The molecule has 0 aromatic carbocycles. The number of rotatable bonds is 3. The van der Waals surface area contributed by atoms with Crippen LogP contribution in [-0.4, -0.2) is 28.3 Å². The van der Waals surface area contributed by atoms with E-state index in [1.54, 1.807) is 0 Å². The Labute approximate surface area is 54.3 Å². The van der Waals surface area contributed by atoms with Gasteiger partial charge in [0.1, 0.15) is 9.68 Å². The van der Waals surface area contributed by atoms with Crippen molar-refractivity contribution in [1.82, 2.24) is 4.57 Å². The molecule has 0 aliphatic heterocycles. The van der Waals surface area contributed by atoms with Gasteiger partial charge in [0, 0.05) is 0 Å². The summed E-state index contributed by atoms with van der Waals surface area (Å²) >= 11 is 0. The molecule has 1 nitrogen and oxygen atoms in total. The van der Waals surface area contributed by atoms with Crippen molar-refractivity contribution in [3.05, 3.63) is 11.8 Å². The van der Waals surface area contributed by atoms with Crippen molar-refractivity contribution in [1.29, 1.82) is 0 Å². The molecule has 0 aromatic rings. The third-order valence-corrected chi connectivity index (χ3v) is 2.62. The lowest BCUT2D eigenvalue weighted by molar-refractivity contribution is 0.664. The fourth-order valence-corrected chi connectivity index (χ4v) is 1.68. The van der Waals surface area contributed by atoms with Crippen molar-refractivity contribution in [2.45, 2.75) is 13.3 Å². The average Bonchev–Trinajstić information content (AvgIpc) is 1.65. The van der Waals surface area contributed by atoms with Gasteiger partial charge in [0.2, 0.25) is 0 Å².